The highest BCUT2D eigenvalue weighted by atomic mass is 16.1. The van der Waals surface area contributed by atoms with E-state index in [1.165, 1.54) is 0 Å². The molecular formula is C7H15N2O+. The third-order valence-corrected chi connectivity index (χ3v) is 2.11. The normalized spacial score (nSPS) is 33.7. The van der Waals surface area contributed by atoms with Crippen molar-refractivity contribution >= 4 is 5.91 Å². The van der Waals surface area contributed by atoms with E-state index in [0.29, 0.717) is 5.92 Å². The van der Waals surface area contributed by atoms with Gasteiger partial charge in [-0.25, -0.2) is 0 Å². The van der Waals surface area contributed by atoms with Crippen LogP contribution in [0.25, 0.3) is 0 Å². The number of rotatable bonds is 1. The van der Waals surface area contributed by atoms with Crippen molar-refractivity contribution in [3.8, 4) is 0 Å². The van der Waals surface area contributed by atoms with Gasteiger partial charge >= 0.3 is 0 Å². The molecule has 1 amide bonds. The van der Waals surface area contributed by atoms with Crippen LogP contribution < -0.4 is 11.1 Å². The van der Waals surface area contributed by atoms with Gasteiger partial charge in [0.1, 0.15) is 0 Å². The van der Waals surface area contributed by atoms with Crippen LogP contribution in [0, 0.1) is 11.8 Å². The molecule has 2 atom stereocenters. The Bertz CT molecular complexity index is 136. The van der Waals surface area contributed by atoms with Gasteiger partial charge in [-0.1, -0.05) is 6.92 Å². The van der Waals surface area contributed by atoms with Gasteiger partial charge in [-0.3, -0.25) is 4.79 Å². The summed E-state index contributed by atoms with van der Waals surface area (Å²) in [4.78, 5) is 10.7. The van der Waals surface area contributed by atoms with Crippen LogP contribution in [0.1, 0.15) is 13.3 Å². The predicted octanol–water partition coefficient (Wildman–Crippen LogP) is -1.31. The van der Waals surface area contributed by atoms with E-state index in [4.69, 9.17) is 5.73 Å². The van der Waals surface area contributed by atoms with Crippen LogP contribution in [-0.4, -0.2) is 19.0 Å². The summed E-state index contributed by atoms with van der Waals surface area (Å²) in [5.41, 5.74) is 5.17. The van der Waals surface area contributed by atoms with E-state index in [-0.39, 0.29) is 11.8 Å². The standard InChI is InChI=1S/C7H14N2O/c1-5-2-6(7(8)10)4-9-3-5/h5-6,9H,2-4H2,1H3,(H2,8,10)/p+1. The van der Waals surface area contributed by atoms with Crippen molar-refractivity contribution in [2.24, 2.45) is 17.6 Å². The monoisotopic (exact) mass is 143 g/mol. The molecule has 0 spiro atoms. The van der Waals surface area contributed by atoms with E-state index < -0.39 is 0 Å². The first kappa shape index (κ1) is 7.54. The maximum atomic E-state index is 10.7. The second-order valence-electron chi connectivity index (χ2n) is 3.20. The van der Waals surface area contributed by atoms with Crippen molar-refractivity contribution in [1.82, 2.24) is 0 Å². The number of carbonyl (C=O) groups excluding carboxylic acids is 1. The highest BCUT2D eigenvalue weighted by Gasteiger charge is 2.25. The first-order chi connectivity index (χ1) is 4.70. The van der Waals surface area contributed by atoms with E-state index in [9.17, 15) is 4.79 Å². The molecule has 1 saturated heterocycles. The number of hydrogen-bond donors (Lipinski definition) is 2. The summed E-state index contributed by atoms with van der Waals surface area (Å²) < 4.78 is 0. The number of amides is 1. The molecule has 58 valence electrons. The van der Waals surface area contributed by atoms with Crippen LogP contribution in [0.5, 0.6) is 0 Å². The fourth-order valence-corrected chi connectivity index (χ4v) is 1.49. The number of piperidine rings is 1. The minimum atomic E-state index is -0.136. The highest BCUT2D eigenvalue weighted by Crippen LogP contribution is 2.11. The molecular weight excluding hydrogens is 128 g/mol. The van der Waals surface area contributed by atoms with Crippen molar-refractivity contribution < 1.29 is 10.1 Å². The molecule has 1 aliphatic heterocycles. The lowest BCUT2D eigenvalue weighted by Crippen LogP contribution is -2.89. The first-order valence-electron chi connectivity index (χ1n) is 3.81. The molecule has 0 aliphatic carbocycles. The Morgan fingerprint density at radius 2 is 2.30 bits per heavy atom. The molecule has 0 aromatic heterocycles. The van der Waals surface area contributed by atoms with Gasteiger partial charge in [-0.15, -0.1) is 0 Å². The van der Waals surface area contributed by atoms with E-state index in [1.807, 2.05) is 0 Å². The summed E-state index contributed by atoms with van der Waals surface area (Å²) >= 11 is 0. The van der Waals surface area contributed by atoms with Crippen LogP contribution in [0.2, 0.25) is 0 Å². The van der Waals surface area contributed by atoms with Gasteiger partial charge in [0.25, 0.3) is 0 Å². The molecule has 0 aromatic rings. The van der Waals surface area contributed by atoms with Gasteiger partial charge in [-0.2, -0.15) is 0 Å². The molecule has 1 fully saturated rings. The molecule has 0 bridgehead atoms. The summed E-state index contributed by atoms with van der Waals surface area (Å²) in [6.45, 7) is 4.19. The van der Waals surface area contributed by atoms with Gasteiger partial charge in [0.2, 0.25) is 5.91 Å². The summed E-state index contributed by atoms with van der Waals surface area (Å²) in [5.74, 6) is 0.623. The number of nitrogens with two attached hydrogens (primary N) is 2. The summed E-state index contributed by atoms with van der Waals surface area (Å²) in [6.07, 6.45) is 0.978. The summed E-state index contributed by atoms with van der Waals surface area (Å²) in [5, 5.41) is 2.17. The molecule has 0 radical (unpaired) electrons. The van der Waals surface area contributed by atoms with E-state index in [0.717, 1.165) is 19.5 Å². The number of hydrogen-bond acceptors (Lipinski definition) is 1. The molecule has 3 heteroatoms. The second-order valence-corrected chi connectivity index (χ2v) is 3.20. The van der Waals surface area contributed by atoms with Crippen LogP contribution in [0.4, 0.5) is 0 Å². The number of quaternary nitrogens is 1. The van der Waals surface area contributed by atoms with Crippen LogP contribution in [0.3, 0.4) is 0 Å². The van der Waals surface area contributed by atoms with Crippen molar-refractivity contribution in [1.29, 1.82) is 0 Å². The maximum absolute atomic E-state index is 10.7. The smallest absolute Gasteiger partial charge is 0.226 e. The Morgan fingerprint density at radius 3 is 2.70 bits per heavy atom. The summed E-state index contributed by atoms with van der Waals surface area (Å²) in [7, 11) is 0. The highest BCUT2D eigenvalue weighted by molar-refractivity contribution is 5.76. The molecule has 1 aliphatic rings. The van der Waals surface area contributed by atoms with Gasteiger partial charge < -0.3 is 11.1 Å². The average Bonchev–Trinajstić information content (AvgIpc) is 1.88. The lowest BCUT2D eigenvalue weighted by atomic mass is 9.91. The molecule has 2 unspecified atom stereocenters. The zero-order valence-electron chi connectivity index (χ0n) is 6.34. The van der Waals surface area contributed by atoms with Gasteiger partial charge in [0.05, 0.1) is 19.0 Å². The Hall–Kier alpha value is -0.570. The lowest BCUT2D eigenvalue weighted by molar-refractivity contribution is -0.672. The fraction of sp³-hybridized carbons (Fsp3) is 0.857. The van der Waals surface area contributed by atoms with Gasteiger partial charge in [0, 0.05) is 5.92 Å². The average molecular weight is 143 g/mol. The molecule has 4 N–H and O–H groups in total. The fourth-order valence-electron chi connectivity index (χ4n) is 1.49. The number of carbonyl (C=O) groups is 1. The second kappa shape index (κ2) is 3.01. The van der Waals surface area contributed by atoms with Crippen LogP contribution in [-0.2, 0) is 4.79 Å². The zero-order chi connectivity index (χ0) is 7.56. The molecule has 0 aromatic carbocycles. The molecule has 0 saturated carbocycles. The first-order valence-corrected chi connectivity index (χ1v) is 3.81. The van der Waals surface area contributed by atoms with Crippen LogP contribution in [0.15, 0.2) is 0 Å². The van der Waals surface area contributed by atoms with Crippen molar-refractivity contribution in [2.75, 3.05) is 13.1 Å². The Labute approximate surface area is 61.0 Å². The topological polar surface area (TPSA) is 59.7 Å². The largest absolute Gasteiger partial charge is 0.369 e. The Morgan fingerprint density at radius 1 is 1.60 bits per heavy atom. The minimum absolute atomic E-state index is 0.115. The third kappa shape index (κ3) is 1.70. The van der Waals surface area contributed by atoms with E-state index in [1.54, 1.807) is 0 Å². The van der Waals surface area contributed by atoms with Crippen molar-refractivity contribution in [3.05, 3.63) is 0 Å². The van der Waals surface area contributed by atoms with E-state index in [2.05, 4.69) is 12.2 Å². The quantitative estimate of drug-likeness (QED) is 0.470. The Kier molecular flexibility index (Phi) is 2.27. The van der Waals surface area contributed by atoms with Gasteiger partial charge in [0.15, 0.2) is 0 Å². The number of primary amides is 1. The van der Waals surface area contributed by atoms with Crippen molar-refractivity contribution in [2.45, 2.75) is 13.3 Å². The maximum Gasteiger partial charge on any atom is 0.226 e. The minimum Gasteiger partial charge on any atom is -0.369 e. The van der Waals surface area contributed by atoms with E-state index >= 15 is 0 Å². The predicted molar refractivity (Wildman–Crippen MR) is 38.1 cm³/mol. The van der Waals surface area contributed by atoms with Gasteiger partial charge in [-0.05, 0) is 6.42 Å². The zero-order valence-corrected chi connectivity index (χ0v) is 6.34. The van der Waals surface area contributed by atoms with Crippen molar-refractivity contribution in [3.63, 3.8) is 0 Å². The molecule has 1 rings (SSSR count). The molecule has 1 heterocycles. The SMILES string of the molecule is CC1C[NH2+]CC(C(N)=O)C1. The molecule has 10 heavy (non-hydrogen) atoms. The van der Waals surface area contributed by atoms with Crippen LogP contribution >= 0.6 is 0 Å². The summed E-state index contributed by atoms with van der Waals surface area (Å²) in [6, 6.07) is 0. The Balaban J connectivity index is 2.39. The molecule has 3 nitrogen and oxygen atoms in total. The lowest BCUT2D eigenvalue weighted by Gasteiger charge is -2.22. The third-order valence-electron chi connectivity index (χ3n) is 2.11.